The molecule has 0 spiro atoms. The second-order valence-corrected chi connectivity index (χ2v) is 6.61. The van der Waals surface area contributed by atoms with Crippen LogP contribution >= 0.6 is 0 Å². The van der Waals surface area contributed by atoms with Crippen LogP contribution in [-0.4, -0.2) is 32.2 Å². The molecule has 0 bridgehead atoms. The van der Waals surface area contributed by atoms with Gasteiger partial charge in [-0.2, -0.15) is 14.6 Å². The van der Waals surface area contributed by atoms with E-state index in [0.717, 1.165) is 24.5 Å². The van der Waals surface area contributed by atoms with E-state index in [2.05, 4.69) is 68.5 Å². The lowest BCUT2D eigenvalue weighted by atomic mass is 10.1. The lowest BCUT2D eigenvalue weighted by Crippen LogP contribution is -2.35. The Hall–Kier alpha value is -2.69. The Labute approximate surface area is 148 Å². The van der Waals surface area contributed by atoms with E-state index >= 15 is 0 Å². The van der Waals surface area contributed by atoms with Crippen LogP contribution in [0.3, 0.4) is 0 Å². The van der Waals surface area contributed by atoms with Gasteiger partial charge in [0.25, 0.3) is 5.78 Å². The number of anilines is 1. The predicted molar refractivity (Wildman–Crippen MR) is 101 cm³/mol. The highest BCUT2D eigenvalue weighted by Crippen LogP contribution is 2.26. The summed E-state index contributed by atoms with van der Waals surface area (Å²) >= 11 is 0. The van der Waals surface area contributed by atoms with E-state index in [1.54, 1.807) is 6.33 Å². The smallest absolute Gasteiger partial charge is 0.254 e. The third-order valence-electron chi connectivity index (χ3n) is 4.77. The van der Waals surface area contributed by atoms with Gasteiger partial charge in [0.15, 0.2) is 0 Å². The average molecular weight is 333 g/mol. The van der Waals surface area contributed by atoms with E-state index in [1.165, 1.54) is 24.8 Å². The highest BCUT2D eigenvalue weighted by atomic mass is 15.4. The zero-order valence-corrected chi connectivity index (χ0v) is 14.5. The largest absolute Gasteiger partial charge is 0.350 e. The second-order valence-electron chi connectivity index (χ2n) is 6.61. The summed E-state index contributed by atoms with van der Waals surface area (Å²) in [5, 5.41) is 4.40. The van der Waals surface area contributed by atoms with Crippen molar-refractivity contribution in [3.8, 4) is 0 Å². The zero-order chi connectivity index (χ0) is 17.1. The van der Waals surface area contributed by atoms with Crippen molar-refractivity contribution < 1.29 is 0 Å². The molecule has 1 aliphatic rings. The first-order valence-electron chi connectivity index (χ1n) is 8.98. The molecule has 0 radical (unpaired) electrons. The number of benzene rings is 1. The van der Waals surface area contributed by atoms with Crippen molar-refractivity contribution in [3.05, 3.63) is 60.1 Å². The Balaban J connectivity index is 1.71. The third kappa shape index (κ3) is 3.40. The maximum atomic E-state index is 4.48. The van der Waals surface area contributed by atoms with Gasteiger partial charge in [-0.15, -0.1) is 0 Å². The van der Waals surface area contributed by atoms with E-state index < -0.39 is 0 Å². The van der Waals surface area contributed by atoms with Gasteiger partial charge in [-0.1, -0.05) is 55.3 Å². The van der Waals surface area contributed by atoms with Crippen LogP contribution in [0.4, 0.5) is 5.82 Å². The number of rotatable bonds is 3. The molecule has 4 rings (SSSR count). The summed E-state index contributed by atoms with van der Waals surface area (Å²) in [5.41, 5.74) is 2.22. The Morgan fingerprint density at radius 3 is 2.88 bits per heavy atom. The van der Waals surface area contributed by atoms with Crippen LogP contribution in [0.5, 0.6) is 0 Å². The normalized spacial score (nSPS) is 18.8. The molecule has 0 saturated carbocycles. The number of nitrogens with zero attached hydrogens (tertiary/aromatic N) is 5. The fourth-order valence-electron chi connectivity index (χ4n) is 3.52. The number of fused-ring (bicyclic) bond motifs is 1. The van der Waals surface area contributed by atoms with Gasteiger partial charge in [-0.25, -0.2) is 4.98 Å². The standard InChI is InChI=1S/C20H23N5/c1-16-14-19(25-20(23-16)21-15-22-25)24-13-7-3-6-10-18(24)12-11-17-8-4-2-5-9-17/h2,4-5,8-9,11-12,14-15,18H,3,6-7,10,13H2,1H3/b12-11+. The van der Waals surface area contributed by atoms with Gasteiger partial charge >= 0.3 is 0 Å². The van der Waals surface area contributed by atoms with Gasteiger partial charge in [0.1, 0.15) is 12.1 Å². The van der Waals surface area contributed by atoms with Crippen molar-refractivity contribution in [2.24, 2.45) is 0 Å². The maximum Gasteiger partial charge on any atom is 0.254 e. The third-order valence-corrected chi connectivity index (χ3v) is 4.77. The number of aromatic nitrogens is 4. The van der Waals surface area contributed by atoms with Crippen molar-refractivity contribution in [2.75, 3.05) is 11.4 Å². The van der Waals surface area contributed by atoms with Crippen molar-refractivity contribution in [3.63, 3.8) is 0 Å². The molecule has 1 aliphatic heterocycles. The lowest BCUT2D eigenvalue weighted by Gasteiger charge is -2.30. The molecule has 128 valence electrons. The molecule has 5 nitrogen and oxygen atoms in total. The minimum absolute atomic E-state index is 0.358. The monoisotopic (exact) mass is 333 g/mol. The molecule has 25 heavy (non-hydrogen) atoms. The summed E-state index contributed by atoms with van der Waals surface area (Å²) in [6.45, 7) is 3.05. The van der Waals surface area contributed by atoms with Crippen molar-refractivity contribution in [1.82, 2.24) is 19.6 Å². The van der Waals surface area contributed by atoms with E-state index in [4.69, 9.17) is 0 Å². The van der Waals surface area contributed by atoms with Crippen molar-refractivity contribution in [1.29, 1.82) is 0 Å². The van der Waals surface area contributed by atoms with E-state index in [1.807, 2.05) is 11.4 Å². The van der Waals surface area contributed by atoms with Gasteiger partial charge < -0.3 is 4.90 Å². The summed E-state index contributed by atoms with van der Waals surface area (Å²) in [6.07, 6.45) is 11.0. The highest BCUT2D eigenvalue weighted by molar-refractivity contribution is 5.54. The Morgan fingerprint density at radius 1 is 1.12 bits per heavy atom. The number of hydrogen-bond acceptors (Lipinski definition) is 4. The molecule has 2 aromatic heterocycles. The molecule has 1 aromatic carbocycles. The van der Waals surface area contributed by atoms with Crippen LogP contribution in [0.1, 0.15) is 36.9 Å². The number of aryl methyl sites for hydroxylation is 1. The maximum absolute atomic E-state index is 4.48. The molecule has 0 amide bonds. The van der Waals surface area contributed by atoms with Gasteiger partial charge in [0, 0.05) is 24.3 Å². The Bertz CT molecular complexity index is 868. The highest BCUT2D eigenvalue weighted by Gasteiger charge is 2.22. The van der Waals surface area contributed by atoms with Gasteiger partial charge in [-0.3, -0.25) is 0 Å². The molecule has 0 N–H and O–H groups in total. The molecule has 5 heteroatoms. The molecule has 1 atom stereocenters. The topological polar surface area (TPSA) is 46.3 Å². The molecular weight excluding hydrogens is 310 g/mol. The SMILES string of the molecule is Cc1cc(N2CCCCCC2/C=C/c2ccccc2)n2ncnc2n1. The van der Waals surface area contributed by atoms with Gasteiger partial charge in [-0.05, 0) is 25.3 Å². The minimum Gasteiger partial charge on any atom is -0.350 e. The second kappa shape index (κ2) is 7.05. The number of hydrogen-bond donors (Lipinski definition) is 0. The minimum atomic E-state index is 0.358. The molecule has 1 fully saturated rings. The first-order chi connectivity index (χ1) is 12.3. The van der Waals surface area contributed by atoms with Crippen LogP contribution < -0.4 is 4.90 Å². The first kappa shape index (κ1) is 15.8. The van der Waals surface area contributed by atoms with E-state index in [-0.39, 0.29) is 0 Å². The molecule has 1 saturated heterocycles. The first-order valence-corrected chi connectivity index (χ1v) is 8.98. The van der Waals surface area contributed by atoms with Crippen LogP contribution in [-0.2, 0) is 0 Å². The van der Waals surface area contributed by atoms with Crippen molar-refractivity contribution in [2.45, 2.75) is 38.6 Å². The zero-order valence-electron chi connectivity index (χ0n) is 14.5. The summed E-state index contributed by atoms with van der Waals surface area (Å²) in [6, 6.07) is 13.0. The summed E-state index contributed by atoms with van der Waals surface area (Å²) < 4.78 is 1.86. The summed E-state index contributed by atoms with van der Waals surface area (Å²) in [5.74, 6) is 1.76. The van der Waals surface area contributed by atoms with Gasteiger partial charge in [0.2, 0.25) is 0 Å². The molecule has 1 unspecified atom stereocenters. The molecule has 3 heterocycles. The fourth-order valence-corrected chi connectivity index (χ4v) is 3.52. The quantitative estimate of drug-likeness (QED) is 0.729. The van der Waals surface area contributed by atoms with E-state index in [0.29, 0.717) is 11.8 Å². The molecule has 3 aromatic rings. The van der Waals surface area contributed by atoms with Gasteiger partial charge in [0.05, 0.1) is 0 Å². The molecule has 0 aliphatic carbocycles. The predicted octanol–water partition coefficient (Wildman–Crippen LogP) is 3.90. The Morgan fingerprint density at radius 2 is 2.00 bits per heavy atom. The average Bonchev–Trinajstić information content (AvgIpc) is 2.97. The van der Waals surface area contributed by atoms with Crippen LogP contribution in [0.15, 0.2) is 48.8 Å². The lowest BCUT2D eigenvalue weighted by molar-refractivity contribution is 0.651. The molecular formula is C20H23N5. The summed E-state index contributed by atoms with van der Waals surface area (Å²) in [7, 11) is 0. The van der Waals surface area contributed by atoms with Crippen molar-refractivity contribution >= 4 is 17.7 Å². The van der Waals surface area contributed by atoms with Crippen LogP contribution in [0.25, 0.3) is 11.9 Å². The van der Waals surface area contributed by atoms with E-state index in [9.17, 15) is 0 Å². The Kier molecular flexibility index (Phi) is 4.46. The summed E-state index contributed by atoms with van der Waals surface area (Å²) in [4.78, 5) is 11.2. The fraction of sp³-hybridized carbons (Fsp3) is 0.350. The van der Waals surface area contributed by atoms with Crippen LogP contribution in [0.2, 0.25) is 0 Å². The van der Waals surface area contributed by atoms with Crippen LogP contribution in [0, 0.1) is 6.92 Å².